The fourth-order valence-electron chi connectivity index (χ4n) is 3.68. The lowest BCUT2D eigenvalue weighted by Crippen LogP contribution is -2.54. The molecule has 0 heterocycles. The molecule has 3 aromatic carbocycles. The molecular formula is C29H21F6N3O9. The summed E-state index contributed by atoms with van der Waals surface area (Å²) in [7, 11) is 0. The van der Waals surface area contributed by atoms with Gasteiger partial charge in [0.25, 0.3) is 11.8 Å². The second-order valence-corrected chi connectivity index (χ2v) is 9.35. The summed E-state index contributed by atoms with van der Waals surface area (Å²) in [6, 6.07) is 10.1. The number of carbonyl (C=O) groups is 6. The lowest BCUT2D eigenvalue weighted by Gasteiger charge is -2.24. The molecular weight excluding hydrogens is 648 g/mol. The first-order valence-corrected chi connectivity index (χ1v) is 12.8. The summed E-state index contributed by atoms with van der Waals surface area (Å²) in [5.41, 5.74) is -0.535. The number of hydrogen-bond acceptors (Lipinski definition) is 8. The Morgan fingerprint density at radius 1 is 0.660 bits per heavy atom. The van der Waals surface area contributed by atoms with Crippen LogP contribution in [0.15, 0.2) is 72.8 Å². The van der Waals surface area contributed by atoms with E-state index < -0.39 is 82.4 Å². The molecule has 2 atom stereocenters. The van der Waals surface area contributed by atoms with Crippen LogP contribution < -0.4 is 16.2 Å². The van der Waals surface area contributed by atoms with E-state index in [2.05, 4.69) is 5.32 Å². The van der Waals surface area contributed by atoms with Gasteiger partial charge in [-0.3, -0.25) is 25.2 Å². The van der Waals surface area contributed by atoms with Gasteiger partial charge >= 0.3 is 30.3 Å². The second kappa shape index (κ2) is 14.4. The highest BCUT2D eigenvalue weighted by atomic mass is 19.4. The van der Waals surface area contributed by atoms with Crippen LogP contribution in [0.5, 0.6) is 0 Å². The van der Waals surface area contributed by atoms with Gasteiger partial charge in [0.2, 0.25) is 18.1 Å². The summed E-state index contributed by atoms with van der Waals surface area (Å²) < 4.78 is 88.5. The van der Waals surface area contributed by atoms with Crippen molar-refractivity contribution in [1.29, 1.82) is 0 Å². The number of alkyl halides is 6. The van der Waals surface area contributed by atoms with Crippen molar-refractivity contribution in [2.75, 3.05) is 5.32 Å². The third-order valence-electron chi connectivity index (χ3n) is 5.86. The van der Waals surface area contributed by atoms with Crippen LogP contribution >= 0.6 is 0 Å². The average molecular weight is 669 g/mol. The second-order valence-electron chi connectivity index (χ2n) is 9.35. The number of nitrogens with one attached hydrogen (secondary N) is 3. The minimum absolute atomic E-state index is 0.123. The molecule has 0 unspecified atom stereocenters. The zero-order chi connectivity index (χ0) is 35.1. The quantitative estimate of drug-likeness (QED) is 0.149. The van der Waals surface area contributed by atoms with E-state index in [4.69, 9.17) is 9.47 Å². The Bertz CT molecular complexity index is 1690. The van der Waals surface area contributed by atoms with E-state index >= 15 is 0 Å². The Morgan fingerprint density at radius 3 is 1.55 bits per heavy atom. The third-order valence-corrected chi connectivity index (χ3v) is 5.86. The molecule has 3 amide bonds. The number of rotatable bonds is 9. The molecule has 0 radical (unpaired) electrons. The van der Waals surface area contributed by atoms with Crippen molar-refractivity contribution in [3.05, 3.63) is 101 Å². The zero-order valence-corrected chi connectivity index (χ0v) is 23.6. The Kier molecular flexibility index (Phi) is 10.9. The van der Waals surface area contributed by atoms with Gasteiger partial charge in [-0.05, 0) is 60.7 Å². The molecule has 0 spiro atoms. The van der Waals surface area contributed by atoms with Crippen molar-refractivity contribution in [2.24, 2.45) is 0 Å². The molecule has 0 aliphatic carbocycles. The van der Waals surface area contributed by atoms with Crippen LogP contribution in [0.25, 0.3) is 0 Å². The number of benzene rings is 3. The molecule has 248 valence electrons. The smallest absolute Gasteiger partial charge is 0.416 e. The number of aliphatic carboxylic acids is 1. The van der Waals surface area contributed by atoms with Crippen LogP contribution in [0.1, 0.15) is 49.1 Å². The number of carbonyl (C=O) groups excluding carboxylic acids is 5. The maximum atomic E-state index is 13.2. The summed E-state index contributed by atoms with van der Waals surface area (Å²) in [6.45, 7) is 1.23. The van der Waals surface area contributed by atoms with E-state index in [1.807, 2.05) is 5.43 Å². The van der Waals surface area contributed by atoms with Crippen molar-refractivity contribution in [3.8, 4) is 0 Å². The number of anilines is 1. The molecule has 18 heteroatoms. The highest BCUT2D eigenvalue weighted by Gasteiger charge is 2.42. The maximum Gasteiger partial charge on any atom is 0.416 e. The topological polar surface area (TPSA) is 177 Å². The number of esters is 2. The molecule has 0 aliphatic rings. The SMILES string of the molecule is CC(=O)Nc1ccc(C(=O)NNC(=O)[C@H](OC(=O)c2cccc(C(F)(F)F)c2)[C@H](OC(=O)c2cccc(C(F)(F)F)c2)C(=O)O)cc1. The van der Waals surface area contributed by atoms with Crippen LogP contribution in [0, 0.1) is 0 Å². The minimum Gasteiger partial charge on any atom is -0.478 e. The van der Waals surface area contributed by atoms with E-state index in [9.17, 15) is 60.2 Å². The lowest BCUT2D eigenvalue weighted by atomic mass is 10.1. The standard InChI is InChI=1S/C29H21F6N3O9/c1-14(39)36-20-10-8-15(9-11-20)23(40)37-38-24(41)21(46-26(44)16-4-2-6-18(12-16)28(30,31)32)22(25(42)43)47-27(45)17-5-3-7-19(13-17)29(33,34)35/h2-13,21-22H,1H3,(H,36,39)(H,37,40)(H,38,41)(H,42,43)/t21-,22+/m1/s1. The van der Waals surface area contributed by atoms with Gasteiger partial charge in [0, 0.05) is 18.2 Å². The van der Waals surface area contributed by atoms with Gasteiger partial charge < -0.3 is 19.9 Å². The van der Waals surface area contributed by atoms with Crippen molar-refractivity contribution in [2.45, 2.75) is 31.5 Å². The molecule has 47 heavy (non-hydrogen) atoms. The van der Waals surface area contributed by atoms with Gasteiger partial charge in [0.1, 0.15) is 0 Å². The van der Waals surface area contributed by atoms with E-state index in [1.165, 1.54) is 31.2 Å². The van der Waals surface area contributed by atoms with Gasteiger partial charge in [-0.2, -0.15) is 26.3 Å². The number of halogens is 6. The first-order chi connectivity index (χ1) is 21.9. The highest BCUT2D eigenvalue weighted by Crippen LogP contribution is 2.31. The highest BCUT2D eigenvalue weighted by molar-refractivity contribution is 5.99. The molecule has 3 rings (SSSR count). The van der Waals surface area contributed by atoms with E-state index in [1.54, 1.807) is 5.43 Å². The number of amides is 3. The molecule has 3 aromatic rings. The zero-order valence-electron chi connectivity index (χ0n) is 23.6. The average Bonchev–Trinajstić information content (AvgIpc) is 3.00. The fraction of sp³-hybridized carbons (Fsp3) is 0.172. The molecule has 4 N–H and O–H groups in total. The van der Waals surface area contributed by atoms with Crippen LogP contribution in [0.2, 0.25) is 0 Å². The summed E-state index contributed by atoms with van der Waals surface area (Å²) in [5, 5.41) is 12.2. The molecule has 12 nitrogen and oxygen atoms in total. The summed E-state index contributed by atoms with van der Waals surface area (Å²) in [4.78, 5) is 74.4. The van der Waals surface area contributed by atoms with Gasteiger partial charge in [-0.15, -0.1) is 0 Å². The normalized spacial score (nSPS) is 12.6. The first-order valence-electron chi connectivity index (χ1n) is 12.8. The maximum absolute atomic E-state index is 13.2. The van der Waals surface area contributed by atoms with Crippen molar-refractivity contribution < 1.29 is 69.7 Å². The number of ether oxygens (including phenoxy) is 2. The lowest BCUT2D eigenvalue weighted by molar-refractivity contribution is -0.159. The molecule has 0 saturated heterocycles. The van der Waals surface area contributed by atoms with Gasteiger partial charge in [0.15, 0.2) is 0 Å². The van der Waals surface area contributed by atoms with E-state index in [-0.39, 0.29) is 5.56 Å². The fourth-order valence-corrected chi connectivity index (χ4v) is 3.68. The van der Waals surface area contributed by atoms with Crippen LogP contribution in [-0.2, 0) is 36.2 Å². The van der Waals surface area contributed by atoms with Crippen LogP contribution in [0.4, 0.5) is 32.0 Å². The molecule has 0 saturated carbocycles. The summed E-state index contributed by atoms with van der Waals surface area (Å²) in [6.07, 6.45) is -15.4. The van der Waals surface area contributed by atoms with Gasteiger partial charge in [-0.25, -0.2) is 14.4 Å². The largest absolute Gasteiger partial charge is 0.478 e. The predicted octanol–water partition coefficient (Wildman–Crippen LogP) is 3.98. The van der Waals surface area contributed by atoms with Crippen molar-refractivity contribution >= 4 is 41.3 Å². The number of carboxylic acid groups (broad SMARTS) is 1. The van der Waals surface area contributed by atoms with Crippen molar-refractivity contribution in [1.82, 2.24) is 10.9 Å². The van der Waals surface area contributed by atoms with Gasteiger partial charge in [0.05, 0.1) is 22.3 Å². The third kappa shape index (κ3) is 9.77. The summed E-state index contributed by atoms with van der Waals surface area (Å²) >= 11 is 0. The Morgan fingerprint density at radius 2 is 1.13 bits per heavy atom. The minimum atomic E-state index is -4.93. The molecule has 0 bridgehead atoms. The number of carboxylic acids is 1. The number of hydrogen-bond donors (Lipinski definition) is 4. The van der Waals surface area contributed by atoms with Gasteiger partial charge in [-0.1, -0.05) is 12.1 Å². The Hall–Kier alpha value is -5.94. The van der Waals surface area contributed by atoms with E-state index in [0.29, 0.717) is 30.0 Å². The monoisotopic (exact) mass is 669 g/mol. The predicted molar refractivity (Wildman–Crippen MR) is 145 cm³/mol. The number of hydrazine groups is 1. The Balaban J connectivity index is 1.90. The molecule has 0 fully saturated rings. The molecule has 0 aromatic heterocycles. The van der Waals surface area contributed by atoms with E-state index in [0.717, 1.165) is 24.3 Å². The van der Waals surface area contributed by atoms with Crippen molar-refractivity contribution in [3.63, 3.8) is 0 Å². The first kappa shape index (κ1) is 35.5. The molecule has 0 aliphatic heterocycles. The summed E-state index contributed by atoms with van der Waals surface area (Å²) in [5.74, 6) is -8.75. The van der Waals surface area contributed by atoms with Crippen LogP contribution in [0.3, 0.4) is 0 Å². The Labute approximate surface area is 259 Å². The van der Waals surface area contributed by atoms with Crippen LogP contribution in [-0.4, -0.2) is 52.9 Å².